The van der Waals surface area contributed by atoms with E-state index < -0.39 is 25.1 Å². The van der Waals surface area contributed by atoms with Gasteiger partial charge in [-0.15, -0.1) is 3.89 Å². The van der Waals surface area contributed by atoms with Gasteiger partial charge in [-0.2, -0.15) is 8.42 Å². The van der Waals surface area contributed by atoms with Gasteiger partial charge in [0, 0.05) is 19.4 Å². The van der Waals surface area contributed by atoms with Gasteiger partial charge in [0.2, 0.25) is 0 Å². The largest absolute Gasteiger partial charge is 0.356 e. The molecule has 1 heterocycles. The molecule has 0 saturated carbocycles. The van der Waals surface area contributed by atoms with Gasteiger partial charge in [-0.1, -0.05) is 12.1 Å². The zero-order chi connectivity index (χ0) is 15.0. The summed E-state index contributed by atoms with van der Waals surface area (Å²) in [5.74, 6) is 0. The number of hydrogen-bond acceptors (Lipinski definition) is 4. The van der Waals surface area contributed by atoms with Gasteiger partial charge in [0.1, 0.15) is 9.79 Å². The van der Waals surface area contributed by atoms with Crippen molar-refractivity contribution in [2.45, 2.75) is 9.79 Å². The zero-order valence-electron chi connectivity index (χ0n) is 10.3. The number of anilines is 1. The fraction of sp³-hybridized carbons (Fsp3) is 0.0909. The second-order valence-corrected chi connectivity index (χ2v) is 7.05. The predicted octanol–water partition coefficient (Wildman–Crippen LogP) is 1.48. The van der Waals surface area contributed by atoms with Crippen LogP contribution >= 0.6 is 0 Å². The number of sulfonamides is 1. The van der Waals surface area contributed by atoms with Crippen molar-refractivity contribution in [3.05, 3.63) is 42.7 Å². The third kappa shape index (κ3) is 2.99. The molecule has 1 aromatic carbocycles. The summed E-state index contributed by atoms with van der Waals surface area (Å²) in [7, 11) is -7.35. The van der Waals surface area contributed by atoms with Gasteiger partial charge in [0.15, 0.2) is 0 Å². The summed E-state index contributed by atoms with van der Waals surface area (Å²) in [5, 5.41) is 0. The summed E-state index contributed by atoms with van der Waals surface area (Å²) in [4.78, 5) is -0.773. The second-order valence-electron chi connectivity index (χ2n) is 4.05. The molecular formula is C11H11FN2O4S2. The molecule has 2 aromatic rings. The average molecular weight is 318 g/mol. The van der Waals surface area contributed by atoms with Crippen molar-refractivity contribution >= 4 is 25.9 Å². The van der Waals surface area contributed by atoms with Crippen molar-refractivity contribution in [3.8, 4) is 0 Å². The molecule has 0 radical (unpaired) electrons. The van der Waals surface area contributed by atoms with E-state index in [9.17, 15) is 20.7 Å². The summed E-state index contributed by atoms with van der Waals surface area (Å²) in [6.07, 6.45) is 2.86. The molecule has 0 aliphatic carbocycles. The van der Waals surface area contributed by atoms with E-state index in [0.717, 1.165) is 6.07 Å². The molecule has 2 rings (SSSR count). The van der Waals surface area contributed by atoms with Crippen LogP contribution in [-0.4, -0.2) is 21.4 Å². The van der Waals surface area contributed by atoms with Crippen molar-refractivity contribution in [2.75, 3.05) is 4.72 Å². The van der Waals surface area contributed by atoms with E-state index in [0.29, 0.717) is 0 Å². The van der Waals surface area contributed by atoms with E-state index in [2.05, 4.69) is 4.72 Å². The molecule has 0 bridgehead atoms. The van der Waals surface area contributed by atoms with Crippen LogP contribution in [0.15, 0.2) is 52.5 Å². The summed E-state index contributed by atoms with van der Waals surface area (Å²) >= 11 is 0. The van der Waals surface area contributed by atoms with Gasteiger partial charge in [-0.05, 0) is 18.2 Å². The van der Waals surface area contributed by atoms with Crippen molar-refractivity contribution < 1.29 is 20.7 Å². The quantitative estimate of drug-likeness (QED) is 0.865. The van der Waals surface area contributed by atoms with Crippen LogP contribution in [0, 0.1) is 0 Å². The molecule has 0 atom stereocenters. The van der Waals surface area contributed by atoms with Gasteiger partial charge in [0.25, 0.3) is 10.0 Å². The number of hydrogen-bond donors (Lipinski definition) is 1. The highest BCUT2D eigenvalue weighted by atomic mass is 32.3. The maximum absolute atomic E-state index is 13.1. The van der Waals surface area contributed by atoms with E-state index in [1.54, 1.807) is 7.05 Å². The predicted molar refractivity (Wildman–Crippen MR) is 71.0 cm³/mol. The lowest BCUT2D eigenvalue weighted by molar-refractivity contribution is 0.552. The molecule has 0 amide bonds. The highest BCUT2D eigenvalue weighted by Crippen LogP contribution is 2.25. The normalized spacial score (nSPS) is 12.3. The van der Waals surface area contributed by atoms with Crippen LogP contribution in [0.2, 0.25) is 0 Å². The minimum absolute atomic E-state index is 0.0499. The Bertz CT molecular complexity index is 841. The summed E-state index contributed by atoms with van der Waals surface area (Å²) < 4.78 is 62.7. The molecule has 1 N–H and O–H groups in total. The van der Waals surface area contributed by atoms with Gasteiger partial charge < -0.3 is 4.57 Å². The molecule has 9 heteroatoms. The molecule has 1 aromatic heterocycles. The Morgan fingerprint density at radius 1 is 1.10 bits per heavy atom. The van der Waals surface area contributed by atoms with Crippen LogP contribution in [0.25, 0.3) is 0 Å². The van der Waals surface area contributed by atoms with Gasteiger partial charge in [0.05, 0.1) is 5.69 Å². The Morgan fingerprint density at radius 3 is 2.30 bits per heavy atom. The molecule has 0 aliphatic rings. The van der Waals surface area contributed by atoms with Crippen molar-refractivity contribution in [1.29, 1.82) is 0 Å². The Balaban J connectivity index is 2.46. The molecule has 0 spiro atoms. The van der Waals surface area contributed by atoms with E-state index in [4.69, 9.17) is 0 Å². The number of aromatic nitrogens is 1. The first-order valence-corrected chi connectivity index (χ1v) is 8.25. The summed E-state index contributed by atoms with van der Waals surface area (Å²) in [6.45, 7) is 0. The van der Waals surface area contributed by atoms with Crippen molar-refractivity contribution in [1.82, 2.24) is 4.57 Å². The smallest absolute Gasteiger partial charge is 0.334 e. The lowest BCUT2D eigenvalue weighted by Crippen LogP contribution is -2.14. The third-order valence-corrected chi connectivity index (χ3v) is 4.74. The lowest BCUT2D eigenvalue weighted by Gasteiger charge is -2.09. The number of para-hydroxylation sites is 1. The highest BCUT2D eigenvalue weighted by molar-refractivity contribution is 7.93. The molecule has 0 fully saturated rings. The third-order valence-electron chi connectivity index (χ3n) is 2.51. The van der Waals surface area contributed by atoms with E-state index in [1.807, 2.05) is 0 Å². The minimum atomic E-state index is -5.01. The monoisotopic (exact) mass is 318 g/mol. The summed E-state index contributed by atoms with van der Waals surface area (Å²) in [5.41, 5.74) is -0.334. The fourth-order valence-electron chi connectivity index (χ4n) is 1.60. The van der Waals surface area contributed by atoms with Crippen LogP contribution in [-0.2, 0) is 27.3 Å². The van der Waals surface area contributed by atoms with Crippen molar-refractivity contribution in [2.24, 2.45) is 7.05 Å². The Kier molecular flexibility index (Phi) is 3.57. The maximum atomic E-state index is 13.1. The minimum Gasteiger partial charge on any atom is -0.356 e. The second kappa shape index (κ2) is 4.91. The number of rotatable bonds is 4. The number of nitrogens with one attached hydrogen (secondary N) is 1. The first-order valence-electron chi connectivity index (χ1n) is 5.38. The van der Waals surface area contributed by atoms with Crippen LogP contribution in [0.5, 0.6) is 0 Å². The van der Waals surface area contributed by atoms with E-state index in [1.165, 1.54) is 41.2 Å². The van der Waals surface area contributed by atoms with Gasteiger partial charge >= 0.3 is 10.2 Å². The van der Waals surface area contributed by atoms with E-state index >= 15 is 0 Å². The molecule has 6 nitrogen and oxygen atoms in total. The van der Waals surface area contributed by atoms with Crippen LogP contribution < -0.4 is 4.72 Å². The Hall–Kier alpha value is -1.87. The van der Waals surface area contributed by atoms with Gasteiger partial charge in [-0.3, -0.25) is 4.72 Å². The molecular weight excluding hydrogens is 307 g/mol. The van der Waals surface area contributed by atoms with Crippen LogP contribution in [0.4, 0.5) is 9.57 Å². The van der Waals surface area contributed by atoms with Crippen molar-refractivity contribution in [3.63, 3.8) is 0 Å². The highest BCUT2D eigenvalue weighted by Gasteiger charge is 2.22. The average Bonchev–Trinajstić information content (AvgIpc) is 2.75. The standard InChI is InChI=1S/C11H11FN2O4S2/c1-14-7-6-9(8-14)20(17,18)13-10-4-2-3-5-11(10)19(12,15)16/h2-8,13H,1H3. The Labute approximate surface area is 116 Å². The van der Waals surface area contributed by atoms with E-state index in [-0.39, 0.29) is 10.6 Å². The summed E-state index contributed by atoms with van der Waals surface area (Å²) in [6, 6.07) is 6.20. The topological polar surface area (TPSA) is 85.2 Å². The first-order chi connectivity index (χ1) is 9.20. The number of halogens is 1. The van der Waals surface area contributed by atoms with Gasteiger partial charge in [-0.25, -0.2) is 8.42 Å². The molecule has 0 saturated heterocycles. The molecule has 108 valence electrons. The number of aryl methyl sites for hydroxylation is 1. The van der Waals surface area contributed by atoms with Crippen LogP contribution in [0.3, 0.4) is 0 Å². The zero-order valence-corrected chi connectivity index (χ0v) is 11.9. The SMILES string of the molecule is Cn1ccc(S(=O)(=O)Nc2ccccc2S(=O)(=O)F)c1. The molecule has 0 aliphatic heterocycles. The maximum Gasteiger partial charge on any atom is 0.334 e. The fourth-order valence-corrected chi connectivity index (χ4v) is 3.42. The van der Waals surface area contributed by atoms with Crippen LogP contribution in [0.1, 0.15) is 0 Å². The lowest BCUT2D eigenvalue weighted by atomic mass is 10.3. The first kappa shape index (κ1) is 14.5. The molecule has 0 unspecified atom stereocenters. The molecule has 20 heavy (non-hydrogen) atoms. The Morgan fingerprint density at radius 2 is 1.75 bits per heavy atom. The number of benzene rings is 1. The number of nitrogens with zero attached hydrogens (tertiary/aromatic N) is 1.